The molecule has 1 saturated heterocycles. The summed E-state index contributed by atoms with van der Waals surface area (Å²) in [5, 5.41) is 8.33. The van der Waals surface area contributed by atoms with Gasteiger partial charge in [-0.1, -0.05) is 0 Å². The van der Waals surface area contributed by atoms with Crippen molar-refractivity contribution in [3.63, 3.8) is 0 Å². The number of nitrogen functional groups attached to an aromatic ring is 1. The highest BCUT2D eigenvalue weighted by molar-refractivity contribution is 7.80. The van der Waals surface area contributed by atoms with Crippen molar-refractivity contribution in [1.29, 1.82) is 0 Å². The van der Waals surface area contributed by atoms with E-state index < -0.39 is 12.3 Å². The van der Waals surface area contributed by atoms with Crippen LogP contribution in [0, 0.1) is 0 Å². The molecule has 11 heteroatoms. The molecule has 2 aromatic carbocycles. The van der Waals surface area contributed by atoms with E-state index in [0.29, 0.717) is 51.9 Å². The molecule has 0 bridgehead atoms. The van der Waals surface area contributed by atoms with Crippen LogP contribution >= 0.6 is 12.6 Å². The second-order valence-corrected chi connectivity index (χ2v) is 9.42. The van der Waals surface area contributed by atoms with Gasteiger partial charge in [0.2, 0.25) is 5.88 Å². The average Bonchev–Trinajstić information content (AvgIpc) is 3.24. The third-order valence-corrected chi connectivity index (χ3v) is 6.64. The fraction of sp³-hybridized carbons (Fsp3) is 0.320. The monoisotopic (exact) mass is 509 g/mol. The number of fused-ring (bicyclic) bond motifs is 1. The summed E-state index contributed by atoms with van der Waals surface area (Å²) >= 11 is 4.42. The van der Waals surface area contributed by atoms with E-state index in [1.807, 2.05) is 49.5 Å². The number of rotatable bonds is 6. The van der Waals surface area contributed by atoms with Crippen LogP contribution in [0.5, 0.6) is 11.6 Å². The lowest BCUT2D eigenvalue weighted by Gasteiger charge is -2.32. The lowest BCUT2D eigenvalue weighted by Crippen LogP contribution is -2.45. The molecular formula is C25H28FN7O2S. The highest BCUT2D eigenvalue weighted by Crippen LogP contribution is 2.40. The van der Waals surface area contributed by atoms with Crippen LogP contribution in [-0.4, -0.2) is 64.2 Å². The molecule has 36 heavy (non-hydrogen) atoms. The summed E-state index contributed by atoms with van der Waals surface area (Å²) in [5.74, 6) is 1.48. The van der Waals surface area contributed by atoms with Crippen LogP contribution in [0.25, 0.3) is 22.0 Å². The smallest absolute Gasteiger partial charge is 0.240 e. The molecule has 2 atom stereocenters. The topological polar surface area (TPSA) is 103 Å². The van der Waals surface area contributed by atoms with Gasteiger partial charge in [0.15, 0.2) is 0 Å². The summed E-state index contributed by atoms with van der Waals surface area (Å²) in [6.45, 7) is 1.06. The standard InChI is InChI=1S/C25H28FN7O2S/c1-32-7-6-20(17(26)12-32)35-21-9-14(16-11-33(2)31-25(16)34-3)8-19-23(21)24(29-13-28-19)30-15-4-5-18(27)22(36)10-15/h4-5,8-11,13,17,20,36H,6-7,12,27H2,1-3H3,(H,28,29,30)/t17-,20-/m1/s1. The zero-order valence-electron chi connectivity index (χ0n) is 20.3. The molecule has 9 nitrogen and oxygen atoms in total. The molecule has 0 amide bonds. The van der Waals surface area contributed by atoms with Gasteiger partial charge in [-0.25, -0.2) is 14.4 Å². The Morgan fingerprint density at radius 2 is 2.03 bits per heavy atom. The highest BCUT2D eigenvalue weighted by Gasteiger charge is 2.30. The van der Waals surface area contributed by atoms with Crippen LogP contribution in [0.4, 0.5) is 21.6 Å². The maximum atomic E-state index is 15.0. The first-order chi connectivity index (χ1) is 17.3. The summed E-state index contributed by atoms with van der Waals surface area (Å²) < 4.78 is 28.5. The van der Waals surface area contributed by atoms with Crippen LogP contribution in [0.2, 0.25) is 0 Å². The van der Waals surface area contributed by atoms with Gasteiger partial charge in [-0.2, -0.15) is 0 Å². The van der Waals surface area contributed by atoms with E-state index in [1.165, 1.54) is 6.33 Å². The first-order valence-electron chi connectivity index (χ1n) is 11.5. The van der Waals surface area contributed by atoms with Gasteiger partial charge in [-0.05, 0) is 49.4 Å². The Morgan fingerprint density at radius 1 is 1.19 bits per heavy atom. The lowest BCUT2D eigenvalue weighted by atomic mass is 10.0. The number of hydrogen-bond donors (Lipinski definition) is 3. The molecule has 0 saturated carbocycles. The Morgan fingerprint density at radius 3 is 2.78 bits per heavy atom. The van der Waals surface area contributed by atoms with Gasteiger partial charge in [0.05, 0.1) is 23.6 Å². The molecular weight excluding hydrogens is 481 g/mol. The van der Waals surface area contributed by atoms with Gasteiger partial charge < -0.3 is 25.4 Å². The van der Waals surface area contributed by atoms with Crippen LogP contribution in [-0.2, 0) is 7.05 Å². The molecule has 1 fully saturated rings. The fourth-order valence-electron chi connectivity index (χ4n) is 4.40. The summed E-state index contributed by atoms with van der Waals surface area (Å²) in [4.78, 5) is 11.6. The minimum absolute atomic E-state index is 0.316. The van der Waals surface area contributed by atoms with E-state index in [9.17, 15) is 4.39 Å². The van der Waals surface area contributed by atoms with E-state index in [2.05, 4.69) is 33.0 Å². The number of methoxy groups -OCH3 is 1. The SMILES string of the molecule is COc1nn(C)cc1-c1cc(O[C@@H]2CCN(C)C[C@H]2F)c2c(Nc3ccc(N)c(S)c3)ncnc2c1. The first-order valence-corrected chi connectivity index (χ1v) is 12.0. The summed E-state index contributed by atoms with van der Waals surface area (Å²) in [7, 11) is 5.30. The largest absolute Gasteiger partial charge is 0.486 e. The van der Waals surface area contributed by atoms with Crippen molar-refractivity contribution < 1.29 is 13.9 Å². The number of halogens is 1. The first kappa shape index (κ1) is 24.1. The third-order valence-electron chi connectivity index (χ3n) is 6.26. The molecule has 188 valence electrons. The van der Waals surface area contributed by atoms with E-state index in [-0.39, 0.29) is 0 Å². The van der Waals surface area contributed by atoms with Gasteiger partial charge >= 0.3 is 0 Å². The van der Waals surface area contributed by atoms with Crippen molar-refractivity contribution in [2.45, 2.75) is 23.6 Å². The normalized spacial score (nSPS) is 18.4. The van der Waals surface area contributed by atoms with Crippen molar-refractivity contribution in [3.05, 3.63) is 42.9 Å². The molecule has 1 aliphatic rings. The molecule has 4 aromatic rings. The summed E-state index contributed by atoms with van der Waals surface area (Å²) in [6, 6.07) is 9.21. The number of hydrogen-bond acceptors (Lipinski definition) is 9. The molecule has 3 N–H and O–H groups in total. The third kappa shape index (κ3) is 4.76. The molecule has 0 aliphatic carbocycles. The predicted molar refractivity (Wildman–Crippen MR) is 141 cm³/mol. The van der Waals surface area contributed by atoms with E-state index in [0.717, 1.165) is 23.4 Å². The Bertz CT molecular complexity index is 1410. The number of alkyl halides is 1. The second-order valence-electron chi connectivity index (χ2n) is 8.94. The molecule has 5 rings (SSSR count). The Balaban J connectivity index is 1.63. The molecule has 2 aromatic heterocycles. The zero-order chi connectivity index (χ0) is 25.4. The number of aryl methyl sites for hydroxylation is 1. The number of piperidine rings is 1. The zero-order valence-corrected chi connectivity index (χ0v) is 21.2. The van der Waals surface area contributed by atoms with E-state index in [4.69, 9.17) is 15.2 Å². The molecule has 1 aliphatic heterocycles. The van der Waals surface area contributed by atoms with Gasteiger partial charge in [-0.3, -0.25) is 4.68 Å². The number of thiol groups is 1. The van der Waals surface area contributed by atoms with Gasteiger partial charge in [0, 0.05) is 42.6 Å². The molecule has 0 unspecified atom stereocenters. The highest BCUT2D eigenvalue weighted by atomic mass is 32.1. The Kier molecular flexibility index (Phi) is 6.59. The lowest BCUT2D eigenvalue weighted by molar-refractivity contribution is 0.0323. The quantitative estimate of drug-likeness (QED) is 0.264. The molecule has 0 spiro atoms. The number of aromatic nitrogens is 4. The van der Waals surface area contributed by atoms with Crippen LogP contribution in [0.1, 0.15) is 6.42 Å². The van der Waals surface area contributed by atoms with Crippen molar-refractivity contribution in [2.24, 2.45) is 7.05 Å². The predicted octanol–water partition coefficient (Wildman–Crippen LogP) is 4.07. The van der Waals surface area contributed by atoms with Gasteiger partial charge in [-0.15, -0.1) is 17.7 Å². The maximum absolute atomic E-state index is 15.0. The van der Waals surface area contributed by atoms with Gasteiger partial charge in [0.1, 0.15) is 30.2 Å². The van der Waals surface area contributed by atoms with Crippen molar-refractivity contribution in [3.8, 4) is 22.8 Å². The van der Waals surface area contributed by atoms with Crippen LogP contribution in [0.3, 0.4) is 0 Å². The Labute approximate surface area is 213 Å². The number of likely N-dealkylation sites (tertiary alicyclic amines) is 1. The molecule has 3 heterocycles. The minimum atomic E-state index is -1.12. The van der Waals surface area contributed by atoms with Crippen LogP contribution in [0.15, 0.2) is 47.8 Å². The number of nitrogens with two attached hydrogens (primary N) is 1. The van der Waals surface area contributed by atoms with E-state index >= 15 is 0 Å². The number of anilines is 3. The average molecular weight is 510 g/mol. The van der Waals surface area contributed by atoms with E-state index in [1.54, 1.807) is 17.9 Å². The Hall–Kier alpha value is -3.57. The second kappa shape index (κ2) is 9.82. The number of nitrogens with zero attached hydrogens (tertiary/aromatic N) is 5. The number of ether oxygens (including phenoxy) is 2. The van der Waals surface area contributed by atoms with Crippen molar-refractivity contribution in [2.75, 3.05) is 38.3 Å². The fourth-order valence-corrected chi connectivity index (χ4v) is 4.62. The van der Waals surface area contributed by atoms with Crippen LogP contribution < -0.4 is 20.5 Å². The van der Waals surface area contributed by atoms with Crippen molar-refractivity contribution >= 4 is 40.7 Å². The summed E-state index contributed by atoms with van der Waals surface area (Å²) in [6.07, 6.45) is 2.19. The number of benzene rings is 2. The maximum Gasteiger partial charge on any atom is 0.240 e. The minimum Gasteiger partial charge on any atom is -0.486 e. The van der Waals surface area contributed by atoms with Gasteiger partial charge in [0.25, 0.3) is 0 Å². The number of nitrogens with one attached hydrogen (secondary N) is 1. The summed E-state index contributed by atoms with van der Waals surface area (Å²) in [5.41, 5.74) is 9.44. The molecule has 0 radical (unpaired) electrons. The van der Waals surface area contributed by atoms with Crippen molar-refractivity contribution in [1.82, 2.24) is 24.6 Å².